The Morgan fingerprint density at radius 3 is 2.48 bits per heavy atom. The lowest BCUT2D eigenvalue weighted by molar-refractivity contribution is -0.138. The van der Waals surface area contributed by atoms with E-state index in [4.69, 9.17) is 4.74 Å². The first-order valence-electron chi connectivity index (χ1n) is 6.95. The van der Waals surface area contributed by atoms with Gasteiger partial charge in [0.05, 0.1) is 6.61 Å². The predicted octanol–water partition coefficient (Wildman–Crippen LogP) is 2.03. The molecule has 0 aromatic heterocycles. The molecule has 0 saturated carbocycles. The van der Waals surface area contributed by atoms with E-state index in [-0.39, 0.29) is 11.8 Å². The van der Waals surface area contributed by atoms with Gasteiger partial charge in [0.2, 0.25) is 11.8 Å². The van der Waals surface area contributed by atoms with E-state index in [1.165, 1.54) is 0 Å². The molecule has 0 fully saturated rings. The van der Waals surface area contributed by atoms with E-state index in [0.717, 1.165) is 16.8 Å². The van der Waals surface area contributed by atoms with Crippen molar-refractivity contribution < 1.29 is 14.3 Å². The van der Waals surface area contributed by atoms with E-state index >= 15 is 0 Å². The number of carbonyl (C=O) groups excluding carboxylic acids is 2. The van der Waals surface area contributed by atoms with Crippen molar-refractivity contribution >= 4 is 17.5 Å². The average molecular weight is 292 g/mol. The maximum Gasteiger partial charge on any atom is 0.239 e. The summed E-state index contributed by atoms with van der Waals surface area (Å²) in [5.41, 5.74) is 1.68. The Morgan fingerprint density at radius 2 is 1.86 bits per heavy atom. The second kappa shape index (κ2) is 7.22. The maximum atomic E-state index is 12.4. The van der Waals surface area contributed by atoms with Gasteiger partial charge in [0.25, 0.3) is 0 Å². The normalized spacial score (nSPS) is 11.1. The highest BCUT2D eigenvalue weighted by Gasteiger charge is 2.36. The van der Waals surface area contributed by atoms with Crippen LogP contribution in [-0.4, -0.2) is 32.1 Å². The van der Waals surface area contributed by atoms with E-state index < -0.39 is 5.41 Å². The van der Waals surface area contributed by atoms with Crippen molar-refractivity contribution in [2.45, 2.75) is 27.7 Å². The summed E-state index contributed by atoms with van der Waals surface area (Å²) in [5, 5.41) is 5.52. The summed E-state index contributed by atoms with van der Waals surface area (Å²) >= 11 is 0. The predicted molar refractivity (Wildman–Crippen MR) is 83.2 cm³/mol. The van der Waals surface area contributed by atoms with Crippen molar-refractivity contribution in [1.29, 1.82) is 0 Å². The number of carbonyl (C=O) groups is 2. The Morgan fingerprint density at radius 1 is 1.19 bits per heavy atom. The monoisotopic (exact) mass is 292 g/mol. The second-order valence-electron chi connectivity index (χ2n) is 5.58. The van der Waals surface area contributed by atoms with Gasteiger partial charge in [0.1, 0.15) is 5.41 Å². The molecule has 0 aliphatic rings. The number of hydrogen-bond donors (Lipinski definition) is 2. The fourth-order valence-corrected chi connectivity index (χ4v) is 1.76. The highest BCUT2D eigenvalue weighted by Crippen LogP contribution is 2.22. The van der Waals surface area contributed by atoms with E-state index in [2.05, 4.69) is 10.6 Å². The lowest BCUT2D eigenvalue weighted by Gasteiger charge is -2.23. The number of ether oxygens (including phenoxy) is 1. The number of hydrogen-bond acceptors (Lipinski definition) is 3. The summed E-state index contributed by atoms with van der Waals surface area (Å²) in [6, 6.07) is 5.69. The van der Waals surface area contributed by atoms with Gasteiger partial charge in [-0.2, -0.15) is 0 Å². The third-order valence-electron chi connectivity index (χ3n) is 3.58. The molecule has 0 aliphatic heterocycles. The molecule has 0 spiro atoms. The molecule has 1 aromatic rings. The highest BCUT2D eigenvalue weighted by molar-refractivity contribution is 6.10. The van der Waals surface area contributed by atoms with E-state index in [1.54, 1.807) is 21.0 Å². The van der Waals surface area contributed by atoms with E-state index in [1.807, 2.05) is 32.0 Å². The van der Waals surface area contributed by atoms with Crippen molar-refractivity contribution in [1.82, 2.24) is 5.32 Å². The van der Waals surface area contributed by atoms with Crippen LogP contribution >= 0.6 is 0 Å². The summed E-state index contributed by atoms with van der Waals surface area (Å²) in [5.74, 6) is -0.645. The number of nitrogens with one attached hydrogen (secondary N) is 2. The first-order valence-corrected chi connectivity index (χ1v) is 6.95. The molecule has 0 unspecified atom stereocenters. The molecule has 116 valence electrons. The summed E-state index contributed by atoms with van der Waals surface area (Å²) in [6.07, 6.45) is 0. The van der Waals surface area contributed by atoms with Gasteiger partial charge in [-0.25, -0.2) is 0 Å². The van der Waals surface area contributed by atoms with Crippen LogP contribution in [0.3, 0.4) is 0 Å². The zero-order chi connectivity index (χ0) is 16.0. The molecule has 21 heavy (non-hydrogen) atoms. The van der Waals surface area contributed by atoms with Crippen LogP contribution < -0.4 is 10.6 Å². The molecule has 2 amide bonds. The number of amides is 2. The van der Waals surface area contributed by atoms with Crippen LogP contribution in [0.4, 0.5) is 5.69 Å². The molecule has 0 aliphatic carbocycles. The molecule has 1 aromatic carbocycles. The van der Waals surface area contributed by atoms with Gasteiger partial charge >= 0.3 is 0 Å². The van der Waals surface area contributed by atoms with Crippen molar-refractivity contribution in [3.63, 3.8) is 0 Å². The number of benzene rings is 1. The van der Waals surface area contributed by atoms with Crippen LogP contribution in [-0.2, 0) is 14.3 Å². The van der Waals surface area contributed by atoms with Gasteiger partial charge in [-0.15, -0.1) is 0 Å². The van der Waals surface area contributed by atoms with Crippen LogP contribution in [0.2, 0.25) is 0 Å². The van der Waals surface area contributed by atoms with Gasteiger partial charge in [0.15, 0.2) is 0 Å². The standard InChI is InChI=1S/C16H24N2O3/c1-11-7-6-8-13(12(11)2)18-15(20)16(3,4)14(19)17-9-10-21-5/h6-8H,9-10H2,1-5H3,(H,17,19)(H,18,20). The zero-order valence-electron chi connectivity index (χ0n) is 13.4. The minimum atomic E-state index is -1.15. The summed E-state index contributed by atoms with van der Waals surface area (Å²) in [4.78, 5) is 24.5. The largest absolute Gasteiger partial charge is 0.383 e. The van der Waals surface area contributed by atoms with E-state index in [0.29, 0.717) is 13.2 Å². The number of aryl methyl sites for hydroxylation is 1. The van der Waals surface area contributed by atoms with Gasteiger partial charge < -0.3 is 15.4 Å². The fourth-order valence-electron chi connectivity index (χ4n) is 1.76. The Bertz CT molecular complexity index is 524. The first kappa shape index (κ1) is 17.2. The van der Waals surface area contributed by atoms with Crippen molar-refractivity contribution in [3.8, 4) is 0 Å². The van der Waals surface area contributed by atoms with Crippen LogP contribution in [0.1, 0.15) is 25.0 Å². The maximum absolute atomic E-state index is 12.4. The SMILES string of the molecule is COCCNC(=O)C(C)(C)C(=O)Nc1cccc(C)c1C. The molecule has 1 rings (SSSR count). The molecule has 0 atom stereocenters. The van der Waals surface area contributed by atoms with Gasteiger partial charge in [-0.3, -0.25) is 9.59 Å². The minimum absolute atomic E-state index is 0.317. The minimum Gasteiger partial charge on any atom is -0.383 e. The summed E-state index contributed by atoms with van der Waals surface area (Å²) < 4.78 is 4.87. The molecule has 0 bridgehead atoms. The molecule has 5 heteroatoms. The number of methoxy groups -OCH3 is 1. The van der Waals surface area contributed by atoms with Gasteiger partial charge in [-0.05, 0) is 44.9 Å². The molecule has 0 heterocycles. The average Bonchev–Trinajstić information content (AvgIpc) is 2.43. The van der Waals surface area contributed by atoms with Crippen molar-refractivity contribution in [3.05, 3.63) is 29.3 Å². The Labute approximate surface area is 126 Å². The zero-order valence-corrected chi connectivity index (χ0v) is 13.4. The summed E-state index contributed by atoms with van der Waals surface area (Å²) in [7, 11) is 1.56. The highest BCUT2D eigenvalue weighted by atomic mass is 16.5. The Kier molecular flexibility index (Phi) is 5.90. The quantitative estimate of drug-likeness (QED) is 0.623. The topological polar surface area (TPSA) is 67.4 Å². The Hall–Kier alpha value is -1.88. The molecule has 0 radical (unpaired) electrons. The number of anilines is 1. The van der Waals surface area contributed by atoms with Crippen LogP contribution in [0.15, 0.2) is 18.2 Å². The van der Waals surface area contributed by atoms with Crippen LogP contribution in [0.5, 0.6) is 0 Å². The molecular formula is C16H24N2O3. The van der Waals surface area contributed by atoms with Gasteiger partial charge in [-0.1, -0.05) is 12.1 Å². The van der Waals surface area contributed by atoms with Gasteiger partial charge in [0, 0.05) is 19.3 Å². The third-order valence-corrected chi connectivity index (χ3v) is 3.58. The van der Waals surface area contributed by atoms with E-state index in [9.17, 15) is 9.59 Å². The first-order chi connectivity index (χ1) is 9.80. The van der Waals surface area contributed by atoms with Crippen molar-refractivity contribution in [2.24, 2.45) is 5.41 Å². The van der Waals surface area contributed by atoms with Crippen LogP contribution in [0, 0.1) is 19.3 Å². The molecule has 2 N–H and O–H groups in total. The Balaban J connectivity index is 2.77. The molecule has 5 nitrogen and oxygen atoms in total. The molecular weight excluding hydrogens is 268 g/mol. The summed E-state index contributed by atoms with van der Waals surface area (Å²) in [6.45, 7) is 7.94. The molecule has 0 saturated heterocycles. The fraction of sp³-hybridized carbons (Fsp3) is 0.500. The number of rotatable bonds is 6. The lowest BCUT2D eigenvalue weighted by Crippen LogP contribution is -2.46. The lowest BCUT2D eigenvalue weighted by atomic mass is 9.90. The van der Waals surface area contributed by atoms with Crippen molar-refractivity contribution in [2.75, 3.05) is 25.6 Å². The smallest absolute Gasteiger partial charge is 0.239 e. The second-order valence-corrected chi connectivity index (χ2v) is 5.58. The van der Waals surface area contributed by atoms with Crippen LogP contribution in [0.25, 0.3) is 0 Å². The third kappa shape index (κ3) is 4.29.